The molecule has 49 heavy (non-hydrogen) atoms. The predicted octanol–water partition coefficient (Wildman–Crippen LogP) is 12.6. The molecule has 2 heteroatoms. The Labute approximate surface area is 284 Å². The first kappa shape index (κ1) is 27.6. The number of benzene rings is 8. The minimum Gasteiger partial charge on any atom is -0.309 e. The van der Waals surface area contributed by atoms with Crippen molar-refractivity contribution >= 4 is 54.1 Å². The summed E-state index contributed by atoms with van der Waals surface area (Å²) in [6, 6.07) is 63.3. The second-order valence-electron chi connectivity index (χ2n) is 12.7. The molecule has 0 unspecified atom stereocenters. The Morgan fingerprint density at radius 1 is 0.388 bits per heavy atom. The number of aromatic nitrogens is 2. The molecule has 0 atom stereocenters. The minimum absolute atomic E-state index is 0.962. The normalized spacial score (nSPS) is 11.7. The second kappa shape index (κ2) is 11.0. The Kier molecular flexibility index (Phi) is 6.22. The van der Waals surface area contributed by atoms with Crippen molar-refractivity contribution in [1.29, 1.82) is 0 Å². The molecule has 0 saturated heterocycles. The van der Waals surface area contributed by atoms with E-state index in [4.69, 9.17) is 4.98 Å². The van der Waals surface area contributed by atoms with Gasteiger partial charge in [0.1, 0.15) is 0 Å². The summed E-state index contributed by atoms with van der Waals surface area (Å²) >= 11 is 0. The molecule has 2 aromatic heterocycles. The lowest BCUT2D eigenvalue weighted by atomic mass is 9.86. The molecule has 0 N–H and O–H groups in total. The summed E-state index contributed by atoms with van der Waals surface area (Å²) in [6.45, 7) is 0. The molecule has 8 aromatic carbocycles. The van der Waals surface area contributed by atoms with Crippen LogP contribution in [0, 0.1) is 0 Å². The fraction of sp³-hybridized carbons (Fsp3) is 0. The zero-order valence-corrected chi connectivity index (χ0v) is 26.7. The molecule has 0 aliphatic heterocycles. The molecule has 0 bridgehead atoms. The lowest BCUT2D eigenvalue weighted by Crippen LogP contribution is -1.94. The molecule has 0 fully saturated rings. The summed E-state index contributed by atoms with van der Waals surface area (Å²) < 4.78 is 2.41. The Morgan fingerprint density at radius 2 is 0.980 bits per heavy atom. The quantitative estimate of drug-likeness (QED) is 0.179. The lowest BCUT2D eigenvalue weighted by molar-refractivity contribution is 1.19. The first-order chi connectivity index (χ1) is 24.3. The number of rotatable bonds is 4. The largest absolute Gasteiger partial charge is 0.309 e. The Balaban J connectivity index is 1.20. The van der Waals surface area contributed by atoms with Gasteiger partial charge in [-0.2, -0.15) is 0 Å². The van der Waals surface area contributed by atoms with Crippen molar-refractivity contribution in [3.63, 3.8) is 0 Å². The number of hydrogen-bond donors (Lipinski definition) is 0. The van der Waals surface area contributed by atoms with E-state index >= 15 is 0 Å². The summed E-state index contributed by atoms with van der Waals surface area (Å²) in [5.41, 5.74) is 10.5. The molecule has 0 amide bonds. The van der Waals surface area contributed by atoms with E-state index < -0.39 is 0 Å². The Morgan fingerprint density at radius 3 is 1.63 bits per heavy atom. The molecule has 0 aliphatic rings. The van der Waals surface area contributed by atoms with E-state index in [1.165, 1.54) is 70.8 Å². The average Bonchev–Trinajstić information content (AvgIpc) is 3.53. The van der Waals surface area contributed by atoms with Gasteiger partial charge in [0.2, 0.25) is 0 Å². The Bertz CT molecular complexity index is 2790. The van der Waals surface area contributed by atoms with Gasteiger partial charge in [-0.3, -0.25) is 4.98 Å². The van der Waals surface area contributed by atoms with Gasteiger partial charge < -0.3 is 4.57 Å². The van der Waals surface area contributed by atoms with E-state index in [1.807, 2.05) is 0 Å². The number of para-hydroxylation sites is 1. The number of hydrogen-bond acceptors (Lipinski definition) is 1. The van der Waals surface area contributed by atoms with Crippen molar-refractivity contribution in [3.8, 4) is 39.2 Å². The van der Waals surface area contributed by atoms with Crippen LogP contribution >= 0.6 is 0 Å². The molecule has 0 saturated carbocycles. The van der Waals surface area contributed by atoms with Crippen molar-refractivity contribution in [2.45, 2.75) is 0 Å². The standard InChI is InChI=1S/C47H30N2/c1-3-15-32(16-4-1)44-36-20-9-11-22-38(36)45(39-23-12-10-21-37(39)44)33-27-29-42(48-30-33)40-24-13-25-43-46(40)41-28-26-31-14-7-8-19-35(31)47(41)49(43)34-17-5-2-6-18-34/h1-30H. The van der Waals surface area contributed by atoms with Crippen molar-refractivity contribution in [2.75, 3.05) is 0 Å². The molecule has 2 nitrogen and oxygen atoms in total. The molecule has 228 valence electrons. The van der Waals surface area contributed by atoms with E-state index in [2.05, 4.69) is 187 Å². The van der Waals surface area contributed by atoms with Gasteiger partial charge in [0.15, 0.2) is 0 Å². The fourth-order valence-electron chi connectivity index (χ4n) is 7.94. The first-order valence-electron chi connectivity index (χ1n) is 16.8. The van der Waals surface area contributed by atoms with E-state index in [0.717, 1.165) is 22.5 Å². The highest BCUT2D eigenvalue weighted by Gasteiger charge is 2.20. The van der Waals surface area contributed by atoms with Crippen LogP contribution in [0.1, 0.15) is 0 Å². The molecule has 0 spiro atoms. The highest BCUT2D eigenvalue weighted by molar-refractivity contribution is 6.23. The second-order valence-corrected chi connectivity index (χ2v) is 12.7. The van der Waals surface area contributed by atoms with E-state index in [0.29, 0.717) is 0 Å². The maximum atomic E-state index is 5.21. The number of pyridine rings is 1. The summed E-state index contributed by atoms with van der Waals surface area (Å²) in [5, 5.41) is 9.88. The highest BCUT2D eigenvalue weighted by atomic mass is 15.0. The van der Waals surface area contributed by atoms with Crippen LogP contribution in [-0.4, -0.2) is 9.55 Å². The van der Waals surface area contributed by atoms with Gasteiger partial charge in [-0.05, 0) is 67.9 Å². The number of fused-ring (bicyclic) bond motifs is 7. The summed E-state index contributed by atoms with van der Waals surface area (Å²) in [6.07, 6.45) is 2.07. The predicted molar refractivity (Wildman–Crippen MR) is 207 cm³/mol. The van der Waals surface area contributed by atoms with Gasteiger partial charge in [-0.25, -0.2) is 0 Å². The SMILES string of the molecule is c1ccc(-c2c3ccccc3c(-c3ccc(-c4cccc5c4c4ccc6ccccc6c4n5-c4ccccc4)nc3)c3ccccc23)cc1. The maximum Gasteiger partial charge on any atom is 0.0709 e. The maximum absolute atomic E-state index is 5.21. The van der Waals surface area contributed by atoms with Gasteiger partial charge in [0, 0.05) is 39.2 Å². The van der Waals surface area contributed by atoms with Crippen molar-refractivity contribution < 1.29 is 0 Å². The summed E-state index contributed by atoms with van der Waals surface area (Å²) in [7, 11) is 0. The van der Waals surface area contributed by atoms with Crippen LogP contribution in [0.25, 0.3) is 93.3 Å². The van der Waals surface area contributed by atoms with Crippen LogP contribution in [0.3, 0.4) is 0 Å². The monoisotopic (exact) mass is 622 g/mol. The van der Waals surface area contributed by atoms with Crippen LogP contribution < -0.4 is 0 Å². The van der Waals surface area contributed by atoms with Crippen LogP contribution in [0.2, 0.25) is 0 Å². The number of nitrogens with zero attached hydrogens (tertiary/aromatic N) is 2. The van der Waals surface area contributed by atoms with Gasteiger partial charge in [-0.15, -0.1) is 0 Å². The average molecular weight is 623 g/mol. The molecule has 2 heterocycles. The van der Waals surface area contributed by atoms with E-state index in [9.17, 15) is 0 Å². The Hall–Kier alpha value is -6.51. The minimum atomic E-state index is 0.962. The third-order valence-corrected chi connectivity index (χ3v) is 10.0. The third kappa shape index (κ3) is 4.24. The van der Waals surface area contributed by atoms with Gasteiger partial charge in [-0.1, -0.05) is 152 Å². The first-order valence-corrected chi connectivity index (χ1v) is 16.8. The molecule has 10 aromatic rings. The van der Waals surface area contributed by atoms with Crippen LogP contribution in [-0.2, 0) is 0 Å². The third-order valence-electron chi connectivity index (χ3n) is 10.0. The van der Waals surface area contributed by atoms with Gasteiger partial charge in [0.25, 0.3) is 0 Å². The lowest BCUT2D eigenvalue weighted by Gasteiger charge is -2.17. The van der Waals surface area contributed by atoms with Crippen LogP contribution in [0.4, 0.5) is 0 Å². The van der Waals surface area contributed by atoms with Crippen molar-refractivity contribution in [1.82, 2.24) is 9.55 Å². The highest BCUT2D eigenvalue weighted by Crippen LogP contribution is 2.45. The van der Waals surface area contributed by atoms with Crippen LogP contribution in [0.5, 0.6) is 0 Å². The fourth-order valence-corrected chi connectivity index (χ4v) is 7.94. The van der Waals surface area contributed by atoms with Crippen molar-refractivity contribution in [3.05, 3.63) is 182 Å². The van der Waals surface area contributed by atoms with Crippen LogP contribution in [0.15, 0.2) is 182 Å². The summed E-state index contributed by atoms with van der Waals surface area (Å²) in [5.74, 6) is 0. The zero-order valence-electron chi connectivity index (χ0n) is 26.7. The molecule has 0 radical (unpaired) electrons. The van der Waals surface area contributed by atoms with Crippen molar-refractivity contribution in [2.24, 2.45) is 0 Å². The topological polar surface area (TPSA) is 17.8 Å². The molecule has 0 aliphatic carbocycles. The van der Waals surface area contributed by atoms with Gasteiger partial charge in [0.05, 0.1) is 16.7 Å². The molecular weight excluding hydrogens is 593 g/mol. The van der Waals surface area contributed by atoms with Gasteiger partial charge >= 0.3 is 0 Å². The molecular formula is C47H30N2. The molecule has 10 rings (SSSR count). The zero-order chi connectivity index (χ0) is 32.3. The van der Waals surface area contributed by atoms with E-state index in [-0.39, 0.29) is 0 Å². The smallest absolute Gasteiger partial charge is 0.0709 e. The van der Waals surface area contributed by atoms with E-state index in [1.54, 1.807) is 0 Å². The summed E-state index contributed by atoms with van der Waals surface area (Å²) in [4.78, 5) is 5.21.